The number of benzene rings is 4. The van der Waals surface area contributed by atoms with Gasteiger partial charge in [0.2, 0.25) is 5.69 Å². The third-order valence-electron chi connectivity index (χ3n) is 7.12. The van der Waals surface area contributed by atoms with Crippen LogP contribution in [-0.2, 0) is 0 Å². The van der Waals surface area contributed by atoms with Gasteiger partial charge in [-0.3, -0.25) is 4.79 Å². The fourth-order valence-electron chi connectivity index (χ4n) is 4.53. The molecule has 2 heterocycles. The van der Waals surface area contributed by atoms with E-state index in [1.165, 1.54) is 36.9 Å². The predicted molar refractivity (Wildman–Crippen MR) is 182 cm³/mol. The lowest BCUT2D eigenvalue weighted by molar-refractivity contribution is 0.0996. The number of hydrogen-bond acceptors (Lipinski definition) is 9. The van der Waals surface area contributed by atoms with E-state index in [-0.39, 0.29) is 34.4 Å². The van der Waals surface area contributed by atoms with Gasteiger partial charge in [0.05, 0.1) is 12.1 Å². The number of carbonyl (C=O) groups excluding carboxylic acids is 1. The lowest BCUT2D eigenvalue weighted by atomic mass is 10.1. The van der Waals surface area contributed by atoms with Gasteiger partial charge in [-0.05, 0) is 44.2 Å². The molecule has 0 radical (unpaired) electrons. The lowest BCUT2D eigenvalue weighted by Gasteiger charge is -2.11. The Morgan fingerprint density at radius 3 is 1.55 bits per heavy atom. The second-order valence-corrected chi connectivity index (χ2v) is 10.7. The van der Waals surface area contributed by atoms with Crippen LogP contribution in [0.5, 0.6) is 11.5 Å². The van der Waals surface area contributed by atoms with E-state index >= 15 is 0 Å². The fourth-order valence-corrected chi connectivity index (χ4v) is 4.53. The van der Waals surface area contributed by atoms with E-state index < -0.39 is 17.5 Å². The maximum Gasteiger partial charge on any atom is 0.251 e. The highest BCUT2D eigenvalue weighted by Gasteiger charge is 2.15. The molecule has 0 aliphatic heterocycles. The van der Waals surface area contributed by atoms with Gasteiger partial charge in [-0.25, -0.2) is 33.6 Å². The molecular weight excluding hydrogens is 630 g/mol. The highest BCUT2D eigenvalue weighted by atomic mass is 19.1. The van der Waals surface area contributed by atoms with Crippen LogP contribution in [0.15, 0.2) is 97.6 Å². The van der Waals surface area contributed by atoms with E-state index in [0.29, 0.717) is 22.8 Å². The molecule has 0 saturated heterocycles. The molecule has 6 N–H and O–H groups in total. The fraction of sp³-hybridized carbons (Fsp3) is 0.0556. The zero-order chi connectivity index (χ0) is 35.1. The monoisotopic (exact) mass is 658 g/mol. The Balaban J connectivity index is 0.000000191. The first-order valence-corrected chi connectivity index (χ1v) is 14.6. The average molecular weight is 659 g/mol. The number of aryl methyl sites for hydroxylation is 2. The zero-order valence-electron chi connectivity index (χ0n) is 26.1. The number of nitrogens with two attached hydrogens (primary N) is 1. The van der Waals surface area contributed by atoms with Crippen molar-refractivity contribution in [3.8, 4) is 34.0 Å². The van der Waals surface area contributed by atoms with Crippen LogP contribution in [0.1, 0.15) is 21.5 Å². The molecule has 0 aliphatic rings. The maximum absolute atomic E-state index is 13.9. The number of primary amides is 1. The molecule has 0 fully saturated rings. The highest BCUT2D eigenvalue weighted by Crippen LogP contribution is 2.35. The summed E-state index contributed by atoms with van der Waals surface area (Å²) in [6, 6.07) is 23.0. The predicted octanol–water partition coefficient (Wildman–Crippen LogP) is 7.73. The van der Waals surface area contributed by atoms with Gasteiger partial charge in [0.1, 0.15) is 35.7 Å². The highest BCUT2D eigenvalue weighted by molar-refractivity contribution is 5.93. The number of aromatic nitrogens is 4. The quantitative estimate of drug-likeness (QED) is 0.108. The molecule has 0 bridgehead atoms. The standard InChI is InChI=1S/C18H15FN4O2.C18H13FN4O/c1-10-2-4-11(5-3-10)15-16(24)18(22-9-21-15)23-12-6-7-13(17(20)25)14(19)8-12;1-11-3-5-12(6-4-11)16-17(24)18(22-10-21-16)23-13-7-8-15(20-2)14(19)9-13/h2-9,24H,1H3,(H2,20,25)(H,21,22,23);3-10,24H,1H3,(H,21,22,23). The third-order valence-corrected chi connectivity index (χ3v) is 7.12. The number of nitrogens with zero attached hydrogens (tertiary/aromatic N) is 5. The number of amides is 1. The van der Waals surface area contributed by atoms with E-state index in [1.54, 1.807) is 6.07 Å². The molecule has 11 nitrogen and oxygen atoms in total. The maximum atomic E-state index is 13.9. The molecule has 0 saturated carbocycles. The summed E-state index contributed by atoms with van der Waals surface area (Å²) in [5, 5.41) is 26.5. The van der Waals surface area contributed by atoms with E-state index in [1.807, 2.05) is 62.4 Å². The van der Waals surface area contributed by atoms with Crippen molar-refractivity contribution in [2.45, 2.75) is 13.8 Å². The normalized spacial score (nSPS) is 10.3. The molecule has 2 aromatic heterocycles. The summed E-state index contributed by atoms with van der Waals surface area (Å²) in [6.45, 7) is 10.8. The molecule has 0 atom stereocenters. The molecular formula is C36H28F2N8O3. The van der Waals surface area contributed by atoms with E-state index in [2.05, 4.69) is 35.4 Å². The minimum Gasteiger partial charge on any atom is -0.503 e. The van der Waals surface area contributed by atoms with Crippen LogP contribution in [0, 0.1) is 32.1 Å². The first-order valence-electron chi connectivity index (χ1n) is 14.6. The first kappa shape index (κ1) is 33.4. The van der Waals surface area contributed by atoms with Crippen molar-refractivity contribution in [2.24, 2.45) is 5.73 Å². The largest absolute Gasteiger partial charge is 0.503 e. The molecule has 0 spiro atoms. The van der Waals surface area contributed by atoms with E-state index in [9.17, 15) is 23.8 Å². The smallest absolute Gasteiger partial charge is 0.251 e. The average Bonchev–Trinajstić information content (AvgIpc) is 3.08. The van der Waals surface area contributed by atoms with Gasteiger partial charge in [-0.15, -0.1) is 0 Å². The molecule has 1 amide bonds. The van der Waals surface area contributed by atoms with Crippen molar-refractivity contribution in [2.75, 3.05) is 10.6 Å². The van der Waals surface area contributed by atoms with Crippen LogP contribution in [0.25, 0.3) is 27.4 Å². The second-order valence-electron chi connectivity index (χ2n) is 10.7. The summed E-state index contributed by atoms with van der Waals surface area (Å²) in [5.41, 5.74) is 9.88. The SMILES string of the molecule is Cc1ccc(-c2ncnc(Nc3ccc(C(N)=O)c(F)c3)c2O)cc1.[C-]#[N+]c1ccc(Nc2ncnc(-c3ccc(C)cc3)c2O)cc1F. The number of hydrogen-bond donors (Lipinski definition) is 5. The number of nitrogens with one attached hydrogen (secondary N) is 2. The van der Waals surface area contributed by atoms with E-state index in [4.69, 9.17) is 12.3 Å². The Kier molecular flexibility index (Phi) is 9.99. The molecule has 244 valence electrons. The first-order chi connectivity index (χ1) is 23.5. The number of aromatic hydroxyl groups is 2. The minimum absolute atomic E-state index is 0.0622. The van der Waals surface area contributed by atoms with Crippen LogP contribution >= 0.6 is 0 Å². The Morgan fingerprint density at radius 1 is 0.694 bits per heavy atom. The van der Waals surface area contributed by atoms with Gasteiger partial charge >= 0.3 is 0 Å². The van der Waals surface area contributed by atoms with Crippen molar-refractivity contribution in [1.29, 1.82) is 0 Å². The van der Waals surface area contributed by atoms with Gasteiger partial charge in [-0.1, -0.05) is 65.7 Å². The molecule has 49 heavy (non-hydrogen) atoms. The summed E-state index contributed by atoms with van der Waals surface area (Å²) in [6.07, 6.45) is 2.62. The van der Waals surface area contributed by atoms with Crippen LogP contribution in [-0.4, -0.2) is 36.1 Å². The zero-order valence-corrected chi connectivity index (χ0v) is 26.1. The Hall–Kier alpha value is -6.94. The molecule has 13 heteroatoms. The van der Waals surface area contributed by atoms with Crippen LogP contribution < -0.4 is 16.4 Å². The molecule has 6 aromatic rings. The molecule has 0 aliphatic carbocycles. The van der Waals surface area contributed by atoms with E-state index in [0.717, 1.165) is 28.3 Å². The van der Waals surface area contributed by atoms with Gasteiger partial charge in [0.25, 0.3) is 5.91 Å². The Bertz CT molecular complexity index is 2190. The summed E-state index contributed by atoms with van der Waals surface area (Å²) in [7, 11) is 0. The van der Waals surface area contributed by atoms with Crippen LogP contribution in [0.4, 0.5) is 37.5 Å². The second kappa shape index (κ2) is 14.7. The van der Waals surface area contributed by atoms with Crippen molar-refractivity contribution in [3.63, 3.8) is 0 Å². The Morgan fingerprint density at radius 2 is 1.14 bits per heavy atom. The summed E-state index contributed by atoms with van der Waals surface area (Å²) in [4.78, 5) is 30.3. The van der Waals surface area contributed by atoms with Crippen LogP contribution in [0.3, 0.4) is 0 Å². The number of halogens is 2. The third kappa shape index (κ3) is 7.90. The number of carbonyl (C=O) groups is 1. The van der Waals surface area contributed by atoms with Crippen molar-refractivity contribution in [1.82, 2.24) is 19.9 Å². The Labute approximate surface area is 279 Å². The van der Waals surface area contributed by atoms with Gasteiger partial charge < -0.3 is 26.6 Å². The topological polar surface area (TPSA) is 164 Å². The van der Waals surface area contributed by atoms with Crippen LogP contribution in [0.2, 0.25) is 0 Å². The summed E-state index contributed by atoms with van der Waals surface area (Å²) in [5.74, 6) is -2.25. The van der Waals surface area contributed by atoms with Gasteiger partial charge in [-0.2, -0.15) is 0 Å². The molecule has 0 unspecified atom stereocenters. The summed E-state index contributed by atoms with van der Waals surface area (Å²) >= 11 is 0. The van der Waals surface area contributed by atoms with Crippen molar-refractivity contribution < 1.29 is 23.8 Å². The summed E-state index contributed by atoms with van der Waals surface area (Å²) < 4.78 is 27.5. The number of rotatable bonds is 7. The van der Waals surface area contributed by atoms with Crippen molar-refractivity contribution >= 4 is 34.6 Å². The number of anilines is 4. The molecule has 6 rings (SSSR count). The van der Waals surface area contributed by atoms with Crippen molar-refractivity contribution in [3.05, 3.63) is 137 Å². The minimum atomic E-state index is -0.851. The molecule has 4 aromatic carbocycles. The lowest BCUT2D eigenvalue weighted by Crippen LogP contribution is -2.13. The van der Waals surface area contributed by atoms with Gasteiger partial charge in [0.15, 0.2) is 23.1 Å². The van der Waals surface area contributed by atoms with Gasteiger partial charge in [0, 0.05) is 22.5 Å².